The van der Waals surface area contributed by atoms with Crippen LogP contribution >= 0.6 is 0 Å². The second kappa shape index (κ2) is 6.43. The molecule has 0 unspecified atom stereocenters. The Balaban J connectivity index is 0.00000144. The van der Waals surface area contributed by atoms with Crippen molar-refractivity contribution in [2.45, 2.75) is 19.8 Å². The van der Waals surface area contributed by atoms with E-state index in [0.29, 0.717) is 6.42 Å². The predicted molar refractivity (Wildman–Crippen MR) is 45.9 cm³/mol. The van der Waals surface area contributed by atoms with Crippen LogP contribution in [-0.2, 0) is 4.79 Å². The van der Waals surface area contributed by atoms with Gasteiger partial charge in [0.2, 0.25) is 0 Å². The highest BCUT2D eigenvalue weighted by Crippen LogP contribution is 1.84. The first-order valence-corrected chi connectivity index (χ1v) is 4.09. The van der Waals surface area contributed by atoms with Crippen LogP contribution in [0.2, 0.25) is 0 Å². The minimum Gasteiger partial charge on any atom is -1.00 e. The van der Waals surface area contributed by atoms with Gasteiger partial charge in [0.15, 0.2) is 12.4 Å². The van der Waals surface area contributed by atoms with Gasteiger partial charge in [-0.3, -0.25) is 4.79 Å². The Morgan fingerprint density at radius 1 is 1.31 bits per heavy atom. The van der Waals surface area contributed by atoms with Crippen LogP contribution in [0.3, 0.4) is 0 Å². The molecule has 1 rings (SSSR count). The summed E-state index contributed by atoms with van der Waals surface area (Å²) in [4.78, 5) is 11.1. The van der Waals surface area contributed by atoms with Crippen LogP contribution in [0, 0.1) is 0 Å². The minimum absolute atomic E-state index is 0. The largest absolute Gasteiger partial charge is 1.00 e. The Hall–Kier alpha value is -1.09. The molecule has 1 N–H and O–H groups in total. The molecule has 1 aromatic heterocycles. The Morgan fingerprint density at radius 2 is 1.92 bits per heavy atom. The molecule has 0 aliphatic carbocycles. The summed E-state index contributed by atoms with van der Waals surface area (Å²) in [5.74, 6) is 0.0497. The van der Waals surface area contributed by atoms with E-state index in [0.717, 1.165) is 6.42 Å². The van der Waals surface area contributed by atoms with Crippen LogP contribution < -0.4 is 22.5 Å². The smallest absolute Gasteiger partial charge is 0.274 e. The van der Waals surface area contributed by atoms with E-state index in [-0.39, 0.29) is 18.3 Å². The molecule has 0 aromatic carbocycles. The number of nitrogens with zero attached hydrogens (tertiary/aromatic N) is 1. The maximum absolute atomic E-state index is 11.1. The highest BCUT2D eigenvalue weighted by Gasteiger charge is 2.03. The Labute approximate surface area is 84.2 Å². The molecule has 1 heterocycles. The molecule has 1 aromatic rings. The summed E-state index contributed by atoms with van der Waals surface area (Å²) < 4.78 is 1.65. The summed E-state index contributed by atoms with van der Waals surface area (Å²) >= 11 is 0. The first kappa shape index (κ1) is 11.9. The van der Waals surface area contributed by atoms with Crippen molar-refractivity contribution in [2.24, 2.45) is 0 Å². The average molecular weight is 201 g/mol. The van der Waals surface area contributed by atoms with Crippen LogP contribution in [0.15, 0.2) is 30.6 Å². The monoisotopic (exact) mass is 200 g/mol. The number of hydrogen-bond acceptors (Lipinski definition) is 1. The molecule has 13 heavy (non-hydrogen) atoms. The van der Waals surface area contributed by atoms with Gasteiger partial charge in [0, 0.05) is 18.6 Å². The molecule has 0 radical (unpaired) electrons. The molecule has 0 aliphatic rings. The van der Waals surface area contributed by atoms with Crippen molar-refractivity contribution in [1.82, 2.24) is 0 Å². The van der Waals surface area contributed by atoms with E-state index >= 15 is 0 Å². The van der Waals surface area contributed by atoms with Gasteiger partial charge in [-0.25, -0.2) is 0 Å². The number of nitrogens with one attached hydrogen (secondary N) is 1. The third-order valence-corrected chi connectivity index (χ3v) is 1.45. The van der Waals surface area contributed by atoms with E-state index in [4.69, 9.17) is 0 Å². The summed E-state index contributed by atoms with van der Waals surface area (Å²) in [5.41, 5.74) is 2.72. The van der Waals surface area contributed by atoms with Gasteiger partial charge in [0.1, 0.15) is 0 Å². The van der Waals surface area contributed by atoms with Crippen molar-refractivity contribution >= 4 is 5.91 Å². The molecule has 1 amide bonds. The van der Waals surface area contributed by atoms with Crippen molar-refractivity contribution in [3.63, 3.8) is 0 Å². The second-order valence-electron chi connectivity index (χ2n) is 2.57. The van der Waals surface area contributed by atoms with Gasteiger partial charge < -0.3 is 12.4 Å². The standard InChI is InChI=1S/C9H12N2O.ClH/c1-2-6-9(12)10-11-7-4-3-5-8-11;/h3-5,7-8H,2,6H2,1H3;1H. The van der Waals surface area contributed by atoms with E-state index < -0.39 is 0 Å². The van der Waals surface area contributed by atoms with Crippen molar-refractivity contribution in [2.75, 3.05) is 5.43 Å². The van der Waals surface area contributed by atoms with Gasteiger partial charge in [-0.05, 0) is 6.42 Å². The second-order valence-corrected chi connectivity index (χ2v) is 2.57. The Morgan fingerprint density at radius 3 is 2.46 bits per heavy atom. The first-order valence-electron chi connectivity index (χ1n) is 4.09. The van der Waals surface area contributed by atoms with Gasteiger partial charge >= 0.3 is 0 Å². The maximum Gasteiger partial charge on any atom is 0.274 e. The quantitative estimate of drug-likeness (QED) is 0.555. The molecular formula is C9H13ClN2O. The molecule has 3 nitrogen and oxygen atoms in total. The molecule has 0 fully saturated rings. The van der Waals surface area contributed by atoms with E-state index in [9.17, 15) is 4.79 Å². The highest BCUT2D eigenvalue weighted by molar-refractivity contribution is 5.81. The fourth-order valence-corrected chi connectivity index (χ4v) is 0.900. The van der Waals surface area contributed by atoms with Gasteiger partial charge in [-0.15, -0.1) is 5.43 Å². The van der Waals surface area contributed by atoms with E-state index in [1.54, 1.807) is 17.1 Å². The lowest BCUT2D eigenvalue weighted by molar-refractivity contribution is -0.642. The third-order valence-electron chi connectivity index (χ3n) is 1.45. The third kappa shape index (κ3) is 4.48. The van der Waals surface area contributed by atoms with Gasteiger partial charge in [0.05, 0.1) is 0 Å². The van der Waals surface area contributed by atoms with Crippen LogP contribution in [0.1, 0.15) is 19.8 Å². The molecule has 0 bridgehead atoms. The van der Waals surface area contributed by atoms with Crippen LogP contribution in [-0.4, -0.2) is 5.91 Å². The van der Waals surface area contributed by atoms with Gasteiger partial charge in [0.25, 0.3) is 5.91 Å². The number of halogens is 1. The van der Waals surface area contributed by atoms with Gasteiger partial charge in [-0.2, -0.15) is 0 Å². The lowest BCUT2D eigenvalue weighted by atomic mass is 10.3. The normalized spacial score (nSPS) is 8.69. The number of hydrogen-bond donors (Lipinski definition) is 1. The molecule has 0 atom stereocenters. The van der Waals surface area contributed by atoms with Crippen molar-refractivity contribution in [1.29, 1.82) is 0 Å². The molecule has 0 saturated heterocycles. The number of amides is 1. The van der Waals surface area contributed by atoms with E-state index in [1.807, 2.05) is 25.1 Å². The topological polar surface area (TPSA) is 33.0 Å². The first-order chi connectivity index (χ1) is 5.83. The van der Waals surface area contributed by atoms with Crippen LogP contribution in [0.4, 0.5) is 0 Å². The fraction of sp³-hybridized carbons (Fsp3) is 0.333. The SMILES string of the molecule is CCCC(=O)N[n+]1ccccc1.[Cl-]. The van der Waals surface area contributed by atoms with Crippen molar-refractivity contribution in [3.05, 3.63) is 30.6 Å². The lowest BCUT2D eigenvalue weighted by Crippen LogP contribution is -3.00. The Bertz CT molecular complexity index is 251. The zero-order chi connectivity index (χ0) is 8.81. The zero-order valence-electron chi connectivity index (χ0n) is 7.53. The van der Waals surface area contributed by atoms with E-state index in [2.05, 4.69) is 5.43 Å². The molecule has 0 aliphatic heterocycles. The van der Waals surface area contributed by atoms with Crippen LogP contribution in [0.25, 0.3) is 0 Å². The summed E-state index contributed by atoms with van der Waals surface area (Å²) in [5, 5.41) is 0. The predicted octanol–water partition coefficient (Wildman–Crippen LogP) is -2.15. The summed E-state index contributed by atoms with van der Waals surface area (Å²) in [7, 11) is 0. The Kier molecular flexibility index (Phi) is 5.89. The molecule has 4 heteroatoms. The zero-order valence-corrected chi connectivity index (χ0v) is 8.29. The van der Waals surface area contributed by atoms with Crippen molar-refractivity contribution < 1.29 is 21.9 Å². The number of aromatic nitrogens is 1. The lowest BCUT2D eigenvalue weighted by Gasteiger charge is -1.95. The number of carbonyl (C=O) groups is 1. The minimum atomic E-state index is 0. The number of pyridine rings is 1. The van der Waals surface area contributed by atoms with Crippen LogP contribution in [0.5, 0.6) is 0 Å². The highest BCUT2D eigenvalue weighted by atomic mass is 35.5. The van der Waals surface area contributed by atoms with E-state index in [1.165, 1.54) is 0 Å². The summed E-state index contributed by atoms with van der Waals surface area (Å²) in [6, 6.07) is 5.64. The molecule has 0 spiro atoms. The molecule has 0 saturated carbocycles. The maximum atomic E-state index is 11.1. The number of carbonyl (C=O) groups excluding carboxylic acids is 1. The average Bonchev–Trinajstić information content (AvgIpc) is 2.06. The van der Waals surface area contributed by atoms with Gasteiger partial charge in [-0.1, -0.05) is 17.7 Å². The molecule has 72 valence electrons. The van der Waals surface area contributed by atoms with Crippen molar-refractivity contribution in [3.8, 4) is 0 Å². The fourth-order valence-electron chi connectivity index (χ4n) is 0.900. The number of rotatable bonds is 3. The summed E-state index contributed by atoms with van der Waals surface area (Å²) in [6.07, 6.45) is 5.04. The molecular weight excluding hydrogens is 188 g/mol. The summed E-state index contributed by atoms with van der Waals surface area (Å²) in [6.45, 7) is 1.98.